The minimum Gasteiger partial charge on any atom is -0.497 e. The van der Waals surface area contributed by atoms with Crippen LogP contribution in [0.4, 0.5) is 5.69 Å². The molecule has 0 aliphatic carbocycles. The summed E-state index contributed by atoms with van der Waals surface area (Å²) in [6, 6.07) is 8.96. The van der Waals surface area contributed by atoms with Crippen LogP contribution < -0.4 is 20.0 Å². The van der Waals surface area contributed by atoms with Crippen LogP contribution in [0.25, 0.3) is 0 Å². The van der Waals surface area contributed by atoms with E-state index in [1.54, 1.807) is 7.11 Å². The third-order valence-electron chi connectivity index (χ3n) is 6.53. The number of hydrogen-bond acceptors (Lipinski definition) is 3. The van der Waals surface area contributed by atoms with E-state index < -0.39 is 8.07 Å². The van der Waals surface area contributed by atoms with Gasteiger partial charge in [0.1, 0.15) is 13.8 Å². The maximum absolute atomic E-state index is 13.1. The average Bonchev–Trinajstić information content (AvgIpc) is 2.64. The number of rotatable bonds is 1. The van der Waals surface area contributed by atoms with Crippen molar-refractivity contribution in [1.82, 2.24) is 0 Å². The van der Waals surface area contributed by atoms with Crippen LogP contribution in [0.5, 0.6) is 5.75 Å². The molecule has 26 heavy (non-hydrogen) atoms. The number of hydrogen-bond donors (Lipinski definition) is 0. The van der Waals surface area contributed by atoms with E-state index in [0.29, 0.717) is 12.2 Å². The number of ether oxygens (including phenoxy) is 1. The smallest absolute Gasteiger partial charge is 0.166 e. The lowest BCUT2D eigenvalue weighted by atomic mass is 9.87. The summed E-state index contributed by atoms with van der Waals surface area (Å²) in [5.74, 6) is 1.29. The van der Waals surface area contributed by atoms with Crippen LogP contribution >= 0.6 is 0 Å². The van der Waals surface area contributed by atoms with Gasteiger partial charge in [-0.05, 0) is 58.5 Å². The topological polar surface area (TPSA) is 29.5 Å². The molecular weight excluding hydrogens is 338 g/mol. The SMILES string of the molecule is COc1ccc2c(c1)[Si](C)(C)c1c(cc3c4c1C(=O)CCN4CCC3)C2. The Balaban J connectivity index is 1.81. The molecule has 3 aliphatic rings. The quantitative estimate of drug-likeness (QED) is 0.730. The van der Waals surface area contributed by atoms with Crippen LogP contribution in [0.2, 0.25) is 13.1 Å². The monoisotopic (exact) mass is 363 g/mol. The number of nitrogens with zero attached hydrogens (tertiary/aromatic N) is 1. The van der Waals surface area contributed by atoms with Gasteiger partial charge in [0.05, 0.1) is 12.8 Å². The van der Waals surface area contributed by atoms with E-state index in [-0.39, 0.29) is 0 Å². The van der Waals surface area contributed by atoms with Crippen LogP contribution in [-0.4, -0.2) is 34.1 Å². The highest BCUT2D eigenvalue weighted by Gasteiger charge is 2.42. The Kier molecular flexibility index (Phi) is 3.39. The van der Waals surface area contributed by atoms with Gasteiger partial charge in [0.25, 0.3) is 0 Å². The Morgan fingerprint density at radius 1 is 1.04 bits per heavy atom. The zero-order valence-corrected chi connectivity index (χ0v) is 16.8. The summed E-state index contributed by atoms with van der Waals surface area (Å²) >= 11 is 0. The second-order valence-electron chi connectivity index (χ2n) is 8.38. The molecule has 3 aliphatic heterocycles. The van der Waals surface area contributed by atoms with Gasteiger partial charge in [-0.3, -0.25) is 4.79 Å². The Hall–Kier alpha value is -2.07. The van der Waals surface area contributed by atoms with Crippen LogP contribution in [0, 0.1) is 0 Å². The predicted octanol–water partition coefficient (Wildman–Crippen LogP) is 2.76. The highest BCUT2D eigenvalue weighted by Crippen LogP contribution is 2.38. The fourth-order valence-corrected chi connectivity index (χ4v) is 8.98. The molecule has 0 spiro atoms. The van der Waals surface area contributed by atoms with Crippen LogP contribution in [0.1, 0.15) is 39.9 Å². The van der Waals surface area contributed by atoms with Crippen molar-refractivity contribution < 1.29 is 9.53 Å². The first-order valence-corrected chi connectivity index (χ1v) is 12.7. The first-order chi connectivity index (χ1) is 12.5. The number of fused-ring (bicyclic) bond motifs is 3. The summed E-state index contributed by atoms with van der Waals surface area (Å²) in [5.41, 5.74) is 6.58. The molecule has 3 heterocycles. The molecule has 0 N–H and O–H groups in total. The van der Waals surface area contributed by atoms with Gasteiger partial charge >= 0.3 is 0 Å². The van der Waals surface area contributed by atoms with E-state index >= 15 is 0 Å². The van der Waals surface area contributed by atoms with E-state index in [9.17, 15) is 4.79 Å². The standard InChI is InChI=1S/C22H25NO2Si/c1-25-17-7-6-14-11-16-12-15-5-4-9-23-10-8-18(24)20(21(15)23)22(16)26(2,3)19(14)13-17/h6-7,12-13H,4-5,8-11H2,1-3H3. The number of carbonyl (C=O) groups excluding carboxylic acids is 1. The average molecular weight is 364 g/mol. The number of methoxy groups -OCH3 is 1. The van der Waals surface area contributed by atoms with Crippen molar-refractivity contribution in [3.05, 3.63) is 46.5 Å². The van der Waals surface area contributed by atoms with Crippen molar-refractivity contribution in [3.8, 4) is 5.75 Å². The molecule has 0 bridgehead atoms. The lowest BCUT2D eigenvalue weighted by Gasteiger charge is -2.42. The zero-order valence-electron chi connectivity index (χ0n) is 15.8. The van der Waals surface area contributed by atoms with Gasteiger partial charge in [-0.1, -0.05) is 25.2 Å². The van der Waals surface area contributed by atoms with Crippen LogP contribution in [0.15, 0.2) is 24.3 Å². The number of ketones is 1. The summed E-state index contributed by atoms with van der Waals surface area (Å²) in [7, 11) is -0.238. The maximum Gasteiger partial charge on any atom is 0.166 e. The van der Waals surface area contributed by atoms with E-state index in [4.69, 9.17) is 4.74 Å². The fraction of sp³-hybridized carbons (Fsp3) is 0.409. The van der Waals surface area contributed by atoms with E-state index in [0.717, 1.165) is 37.2 Å². The molecule has 4 heteroatoms. The summed E-state index contributed by atoms with van der Waals surface area (Å²) in [6.45, 7) is 6.80. The molecule has 0 saturated carbocycles. The molecule has 0 aromatic heterocycles. The number of anilines is 1. The molecule has 2 aromatic rings. The highest BCUT2D eigenvalue weighted by atomic mass is 28.3. The highest BCUT2D eigenvalue weighted by molar-refractivity contribution is 7.02. The van der Waals surface area contributed by atoms with Crippen molar-refractivity contribution >= 4 is 29.9 Å². The summed E-state index contributed by atoms with van der Waals surface area (Å²) < 4.78 is 5.51. The Morgan fingerprint density at radius 3 is 2.69 bits per heavy atom. The van der Waals surface area contributed by atoms with Gasteiger partial charge < -0.3 is 9.64 Å². The van der Waals surface area contributed by atoms with Crippen molar-refractivity contribution in [1.29, 1.82) is 0 Å². The van der Waals surface area contributed by atoms with Gasteiger partial charge in [-0.25, -0.2) is 0 Å². The normalized spacial score (nSPS) is 19.5. The van der Waals surface area contributed by atoms with E-state index in [1.807, 2.05) is 0 Å². The Bertz CT molecular complexity index is 948. The molecule has 134 valence electrons. The predicted molar refractivity (Wildman–Crippen MR) is 108 cm³/mol. The first kappa shape index (κ1) is 16.1. The van der Waals surface area contributed by atoms with Crippen molar-refractivity contribution in [2.45, 2.75) is 38.8 Å². The molecule has 0 radical (unpaired) electrons. The lowest BCUT2D eigenvalue weighted by molar-refractivity contribution is 0.0980. The van der Waals surface area contributed by atoms with Crippen molar-refractivity contribution in [2.24, 2.45) is 0 Å². The van der Waals surface area contributed by atoms with E-state index in [2.05, 4.69) is 42.3 Å². The van der Waals surface area contributed by atoms with Crippen molar-refractivity contribution in [3.63, 3.8) is 0 Å². The number of carbonyl (C=O) groups is 1. The van der Waals surface area contributed by atoms with Gasteiger partial charge in [0, 0.05) is 25.1 Å². The number of aryl methyl sites for hydroxylation is 1. The number of benzene rings is 2. The van der Waals surface area contributed by atoms with Crippen molar-refractivity contribution in [2.75, 3.05) is 25.1 Å². The summed E-state index contributed by atoms with van der Waals surface area (Å²) in [6.07, 6.45) is 3.92. The summed E-state index contributed by atoms with van der Waals surface area (Å²) in [5, 5.41) is 2.83. The second-order valence-corrected chi connectivity index (χ2v) is 12.7. The first-order valence-electron chi connectivity index (χ1n) is 9.65. The number of Topliss-reactive ketones (excluding diaryl/α,β-unsaturated/α-hetero) is 1. The largest absolute Gasteiger partial charge is 0.497 e. The van der Waals surface area contributed by atoms with Gasteiger partial charge in [-0.2, -0.15) is 0 Å². The third-order valence-corrected chi connectivity index (χ3v) is 10.2. The molecule has 0 unspecified atom stereocenters. The molecule has 0 fully saturated rings. The molecule has 2 aromatic carbocycles. The van der Waals surface area contributed by atoms with Gasteiger partial charge in [0.15, 0.2) is 5.78 Å². The van der Waals surface area contributed by atoms with Gasteiger partial charge in [0.2, 0.25) is 0 Å². The zero-order chi connectivity index (χ0) is 18.1. The lowest BCUT2D eigenvalue weighted by Crippen LogP contribution is -2.61. The molecule has 3 nitrogen and oxygen atoms in total. The fourth-order valence-electron chi connectivity index (χ4n) is 5.38. The summed E-state index contributed by atoms with van der Waals surface area (Å²) in [4.78, 5) is 15.6. The Morgan fingerprint density at radius 2 is 1.88 bits per heavy atom. The van der Waals surface area contributed by atoms with Crippen LogP contribution in [0.3, 0.4) is 0 Å². The maximum atomic E-state index is 13.1. The molecule has 0 atom stereocenters. The molecule has 0 saturated heterocycles. The van der Waals surface area contributed by atoms with Crippen LogP contribution in [-0.2, 0) is 12.8 Å². The van der Waals surface area contributed by atoms with E-state index in [1.165, 1.54) is 39.2 Å². The third kappa shape index (κ3) is 2.08. The minimum absolute atomic E-state index is 0.364. The Labute approximate surface area is 156 Å². The molecule has 0 amide bonds. The minimum atomic E-state index is -1.97. The molecular formula is C22H25NO2Si. The van der Waals surface area contributed by atoms with Gasteiger partial charge in [-0.15, -0.1) is 0 Å². The second kappa shape index (κ2) is 5.46. The molecule has 5 rings (SSSR count).